The van der Waals surface area contributed by atoms with E-state index in [4.69, 9.17) is 4.74 Å². The van der Waals surface area contributed by atoms with E-state index >= 15 is 0 Å². The Morgan fingerprint density at radius 2 is 1.86 bits per heavy atom. The number of aromatic nitrogens is 1. The van der Waals surface area contributed by atoms with Crippen LogP contribution in [0.25, 0.3) is 22.8 Å². The number of aromatic amines is 1. The van der Waals surface area contributed by atoms with Crippen molar-refractivity contribution in [1.29, 1.82) is 0 Å². The minimum absolute atomic E-state index is 0.118. The quantitative estimate of drug-likeness (QED) is 0.503. The van der Waals surface area contributed by atoms with Crippen molar-refractivity contribution in [3.05, 3.63) is 59.8 Å². The van der Waals surface area contributed by atoms with Gasteiger partial charge in [0.15, 0.2) is 0 Å². The van der Waals surface area contributed by atoms with Crippen LogP contribution in [-0.2, 0) is 4.79 Å². The van der Waals surface area contributed by atoms with Gasteiger partial charge in [-0.1, -0.05) is 24.3 Å². The molecule has 1 aliphatic heterocycles. The second-order valence-corrected chi connectivity index (χ2v) is 6.48. The Hall–Kier alpha value is -3.67. The predicted octanol–water partition coefficient (Wildman–Crippen LogP) is 4.27. The first-order valence-electron chi connectivity index (χ1n) is 9.04. The maximum Gasteiger partial charge on any atom is 0.256 e. The van der Waals surface area contributed by atoms with Gasteiger partial charge in [0.25, 0.3) is 5.91 Å². The Bertz CT molecular complexity index is 1080. The fourth-order valence-corrected chi connectivity index (χ4v) is 3.49. The second kappa shape index (κ2) is 7.15. The van der Waals surface area contributed by atoms with E-state index in [1.807, 2.05) is 68.7 Å². The smallest absolute Gasteiger partial charge is 0.256 e. The second-order valence-electron chi connectivity index (χ2n) is 6.48. The van der Waals surface area contributed by atoms with Crippen LogP contribution in [0.5, 0.6) is 5.75 Å². The van der Waals surface area contributed by atoms with Crippen LogP contribution in [0.3, 0.4) is 0 Å². The summed E-state index contributed by atoms with van der Waals surface area (Å²) in [5.74, 6) is 1.53. The van der Waals surface area contributed by atoms with Crippen molar-refractivity contribution in [1.82, 2.24) is 4.98 Å². The average molecular weight is 374 g/mol. The number of benzene rings is 2. The molecular formula is C22H22N4O2. The highest BCUT2D eigenvalue weighted by atomic mass is 16.5. The Balaban J connectivity index is 1.88. The Morgan fingerprint density at radius 3 is 2.61 bits per heavy atom. The molecular weight excluding hydrogens is 352 g/mol. The van der Waals surface area contributed by atoms with Crippen molar-refractivity contribution in [2.75, 3.05) is 37.2 Å². The van der Waals surface area contributed by atoms with E-state index < -0.39 is 0 Å². The molecule has 0 aliphatic carbocycles. The molecule has 28 heavy (non-hydrogen) atoms. The van der Waals surface area contributed by atoms with Crippen molar-refractivity contribution in [2.45, 2.75) is 0 Å². The number of methoxy groups -OCH3 is 1. The first kappa shape index (κ1) is 17.7. The molecule has 0 spiro atoms. The minimum Gasteiger partial charge on any atom is -0.497 e. The molecule has 1 amide bonds. The van der Waals surface area contributed by atoms with Crippen LogP contribution >= 0.6 is 0 Å². The van der Waals surface area contributed by atoms with Gasteiger partial charge in [-0.05, 0) is 35.4 Å². The molecule has 4 N–H and O–H groups in total. The predicted molar refractivity (Wildman–Crippen MR) is 115 cm³/mol. The number of fused-ring (bicyclic) bond motifs is 1. The molecule has 0 fully saturated rings. The molecule has 6 heteroatoms. The molecule has 0 atom stereocenters. The lowest BCUT2D eigenvalue weighted by Crippen LogP contribution is -2.03. The molecule has 2 heterocycles. The first-order chi connectivity index (χ1) is 13.6. The van der Waals surface area contributed by atoms with E-state index in [9.17, 15) is 4.79 Å². The summed E-state index contributed by atoms with van der Waals surface area (Å²) in [7, 11) is 5.35. The molecule has 1 aromatic heterocycles. The fraction of sp³-hybridized carbons (Fsp3) is 0.136. The van der Waals surface area contributed by atoms with E-state index in [1.54, 1.807) is 7.11 Å². The van der Waals surface area contributed by atoms with Gasteiger partial charge in [-0.2, -0.15) is 0 Å². The zero-order valence-electron chi connectivity index (χ0n) is 16.0. The number of carbonyl (C=O) groups excluding carboxylic acids is 1. The number of rotatable bonds is 5. The maximum absolute atomic E-state index is 12.8. The zero-order valence-corrected chi connectivity index (χ0v) is 16.0. The Kier molecular flexibility index (Phi) is 4.53. The van der Waals surface area contributed by atoms with Gasteiger partial charge in [-0.3, -0.25) is 4.79 Å². The fourth-order valence-electron chi connectivity index (χ4n) is 3.49. The lowest BCUT2D eigenvalue weighted by Gasteiger charge is -2.10. The summed E-state index contributed by atoms with van der Waals surface area (Å²) >= 11 is 0. The van der Waals surface area contributed by atoms with Crippen molar-refractivity contribution in [2.24, 2.45) is 0 Å². The molecule has 142 valence electrons. The van der Waals surface area contributed by atoms with Crippen LogP contribution in [0.15, 0.2) is 48.5 Å². The van der Waals surface area contributed by atoms with Crippen LogP contribution in [-0.4, -0.2) is 32.1 Å². The number of amides is 1. The topological polar surface area (TPSA) is 78.2 Å². The Labute approximate surface area is 163 Å². The van der Waals surface area contributed by atoms with Crippen LogP contribution < -0.4 is 20.7 Å². The van der Waals surface area contributed by atoms with Gasteiger partial charge >= 0.3 is 0 Å². The lowest BCUT2D eigenvalue weighted by molar-refractivity contribution is -0.110. The molecule has 2 aromatic carbocycles. The number of carbonyl (C=O) groups is 1. The molecule has 0 unspecified atom stereocenters. The van der Waals surface area contributed by atoms with Crippen LogP contribution in [0.1, 0.15) is 11.3 Å². The molecule has 0 saturated carbocycles. The molecule has 3 aromatic rings. The van der Waals surface area contributed by atoms with E-state index in [0.29, 0.717) is 5.57 Å². The number of H-pyrrole nitrogens is 1. The molecule has 1 aliphatic rings. The van der Waals surface area contributed by atoms with Crippen LogP contribution in [0.4, 0.5) is 17.2 Å². The molecule has 6 nitrogen and oxygen atoms in total. The third-order valence-electron chi connectivity index (χ3n) is 4.88. The van der Waals surface area contributed by atoms with Crippen molar-refractivity contribution in [3.63, 3.8) is 0 Å². The highest BCUT2D eigenvalue weighted by molar-refractivity contribution is 6.36. The van der Waals surface area contributed by atoms with Gasteiger partial charge in [-0.25, -0.2) is 0 Å². The summed E-state index contributed by atoms with van der Waals surface area (Å²) in [4.78, 5) is 16.1. The van der Waals surface area contributed by atoms with Gasteiger partial charge in [0.05, 0.1) is 24.1 Å². The van der Waals surface area contributed by atoms with E-state index in [-0.39, 0.29) is 5.91 Å². The number of hydrogen-bond acceptors (Lipinski definition) is 4. The van der Waals surface area contributed by atoms with Gasteiger partial charge in [0, 0.05) is 31.4 Å². The maximum atomic E-state index is 12.8. The third kappa shape index (κ3) is 2.99. The van der Waals surface area contributed by atoms with Gasteiger partial charge in [0.1, 0.15) is 11.6 Å². The minimum atomic E-state index is -0.118. The average Bonchev–Trinajstić information content (AvgIpc) is 3.28. The Morgan fingerprint density at radius 1 is 1.04 bits per heavy atom. The highest BCUT2D eigenvalue weighted by Gasteiger charge is 2.28. The standard InChI is InChI=1S/C22H22N4O2/c1-23-18-12-20(24-2)25-19(18)11-16-21-15(8-5-9-17(21)26-22(16)27)13-6-4-7-14(10-13)28-3/h4-12,23-25H,1-3H3,(H,26,27). The molecule has 0 bridgehead atoms. The van der Waals surface area contributed by atoms with E-state index in [1.165, 1.54) is 0 Å². The van der Waals surface area contributed by atoms with Crippen LogP contribution in [0.2, 0.25) is 0 Å². The normalized spacial score (nSPS) is 14.0. The van der Waals surface area contributed by atoms with Crippen molar-refractivity contribution in [3.8, 4) is 16.9 Å². The van der Waals surface area contributed by atoms with E-state index in [0.717, 1.165) is 45.3 Å². The monoisotopic (exact) mass is 374 g/mol. The zero-order chi connectivity index (χ0) is 19.7. The number of anilines is 3. The largest absolute Gasteiger partial charge is 0.497 e. The highest BCUT2D eigenvalue weighted by Crippen LogP contribution is 2.41. The molecule has 4 rings (SSSR count). The van der Waals surface area contributed by atoms with E-state index in [2.05, 4.69) is 20.9 Å². The summed E-state index contributed by atoms with van der Waals surface area (Å²) in [5, 5.41) is 9.22. The van der Waals surface area contributed by atoms with Gasteiger partial charge in [0.2, 0.25) is 0 Å². The SMILES string of the molecule is CNc1cc(NC)c(C=C2C(=O)Nc3cccc(-c4cccc(OC)c4)c32)[nH]1. The summed E-state index contributed by atoms with van der Waals surface area (Å²) in [5.41, 5.74) is 6.05. The van der Waals surface area contributed by atoms with Crippen LogP contribution in [0, 0.1) is 0 Å². The summed E-state index contributed by atoms with van der Waals surface area (Å²) in [6, 6.07) is 15.7. The summed E-state index contributed by atoms with van der Waals surface area (Å²) in [6.07, 6.45) is 1.89. The third-order valence-corrected chi connectivity index (χ3v) is 4.88. The molecule has 0 radical (unpaired) electrons. The van der Waals surface area contributed by atoms with Gasteiger partial charge < -0.3 is 25.7 Å². The lowest BCUT2D eigenvalue weighted by atomic mass is 9.94. The van der Waals surface area contributed by atoms with Crippen molar-refractivity contribution < 1.29 is 9.53 Å². The number of hydrogen-bond donors (Lipinski definition) is 4. The molecule has 0 saturated heterocycles. The summed E-state index contributed by atoms with van der Waals surface area (Å²) < 4.78 is 5.37. The summed E-state index contributed by atoms with van der Waals surface area (Å²) in [6.45, 7) is 0. The number of nitrogens with one attached hydrogen (secondary N) is 4. The van der Waals surface area contributed by atoms with Crippen molar-refractivity contribution >= 4 is 34.7 Å². The first-order valence-corrected chi connectivity index (χ1v) is 9.04. The van der Waals surface area contributed by atoms with Gasteiger partial charge in [-0.15, -0.1) is 0 Å². The number of ether oxygens (including phenoxy) is 1.